The van der Waals surface area contributed by atoms with Crippen LogP contribution in [0.5, 0.6) is 0 Å². The summed E-state index contributed by atoms with van der Waals surface area (Å²) in [6.45, 7) is 2.16. The third-order valence-electron chi connectivity index (χ3n) is 4.47. The highest BCUT2D eigenvalue weighted by molar-refractivity contribution is 5.81. The van der Waals surface area contributed by atoms with E-state index < -0.39 is 0 Å². The molecule has 1 aliphatic carbocycles. The molecule has 1 N–H and O–H groups in total. The molecule has 18 heavy (non-hydrogen) atoms. The predicted molar refractivity (Wildman–Crippen MR) is 72.3 cm³/mol. The average Bonchev–Trinajstić information content (AvgIpc) is 2.86. The van der Waals surface area contributed by atoms with E-state index in [0.29, 0.717) is 11.8 Å². The first-order chi connectivity index (χ1) is 8.66. The second-order valence-electron chi connectivity index (χ2n) is 5.56. The topological polar surface area (TPSA) is 38.1 Å². The van der Waals surface area contributed by atoms with Gasteiger partial charge in [-0.1, -0.05) is 25.1 Å². The summed E-state index contributed by atoms with van der Waals surface area (Å²) in [6, 6.07) is 8.38. The quantitative estimate of drug-likeness (QED) is 0.881. The van der Waals surface area contributed by atoms with Gasteiger partial charge in [-0.05, 0) is 37.2 Å². The van der Waals surface area contributed by atoms with E-state index >= 15 is 0 Å². The Morgan fingerprint density at radius 1 is 1.33 bits per heavy atom. The molecule has 0 bridgehead atoms. The van der Waals surface area contributed by atoms with E-state index in [1.807, 2.05) is 11.7 Å². The van der Waals surface area contributed by atoms with E-state index in [-0.39, 0.29) is 6.10 Å². The van der Waals surface area contributed by atoms with Crippen molar-refractivity contribution in [2.24, 2.45) is 18.9 Å². The van der Waals surface area contributed by atoms with Crippen LogP contribution in [0.2, 0.25) is 0 Å². The van der Waals surface area contributed by atoms with Crippen molar-refractivity contribution in [2.45, 2.75) is 32.3 Å². The largest absolute Gasteiger partial charge is 0.393 e. The molecule has 1 fully saturated rings. The van der Waals surface area contributed by atoms with Crippen LogP contribution in [0.25, 0.3) is 10.9 Å². The van der Waals surface area contributed by atoms with Gasteiger partial charge in [-0.2, -0.15) is 5.10 Å². The molecule has 0 spiro atoms. The van der Waals surface area contributed by atoms with Crippen molar-refractivity contribution in [2.75, 3.05) is 0 Å². The van der Waals surface area contributed by atoms with Crippen LogP contribution in [-0.2, 0) is 13.5 Å². The number of aromatic nitrogens is 2. The maximum Gasteiger partial charge on any atom is 0.0706 e. The molecule has 3 heteroatoms. The predicted octanol–water partition coefficient (Wildman–Crippen LogP) is 2.52. The lowest BCUT2D eigenvalue weighted by molar-refractivity contribution is 0.127. The highest BCUT2D eigenvalue weighted by atomic mass is 16.3. The van der Waals surface area contributed by atoms with Gasteiger partial charge in [-0.3, -0.25) is 4.68 Å². The Labute approximate surface area is 107 Å². The first kappa shape index (κ1) is 11.7. The maximum atomic E-state index is 9.84. The van der Waals surface area contributed by atoms with Crippen molar-refractivity contribution < 1.29 is 5.11 Å². The summed E-state index contributed by atoms with van der Waals surface area (Å²) in [5, 5.41) is 15.7. The molecule has 0 aliphatic heterocycles. The van der Waals surface area contributed by atoms with Crippen molar-refractivity contribution in [3.05, 3.63) is 30.0 Å². The SMILES string of the molecule is CC1C(O)CCC1Cc1nn(C)c2ccccc12. The molecule has 3 rings (SSSR count). The average molecular weight is 244 g/mol. The fourth-order valence-electron chi connectivity index (χ4n) is 3.20. The number of aliphatic hydroxyl groups excluding tert-OH is 1. The molecule has 1 aromatic carbocycles. The number of rotatable bonds is 2. The number of nitrogens with zero attached hydrogens (tertiary/aromatic N) is 2. The van der Waals surface area contributed by atoms with Gasteiger partial charge in [-0.15, -0.1) is 0 Å². The smallest absolute Gasteiger partial charge is 0.0706 e. The Morgan fingerprint density at radius 2 is 2.11 bits per heavy atom. The lowest BCUT2D eigenvalue weighted by atomic mass is 9.91. The number of fused-ring (bicyclic) bond motifs is 1. The van der Waals surface area contributed by atoms with Crippen LogP contribution >= 0.6 is 0 Å². The normalized spacial score (nSPS) is 28.1. The number of benzene rings is 1. The second-order valence-corrected chi connectivity index (χ2v) is 5.56. The highest BCUT2D eigenvalue weighted by Gasteiger charge is 2.32. The molecule has 96 valence electrons. The van der Waals surface area contributed by atoms with E-state index in [1.54, 1.807) is 0 Å². The van der Waals surface area contributed by atoms with Crippen LogP contribution in [0.3, 0.4) is 0 Å². The molecule has 1 saturated carbocycles. The van der Waals surface area contributed by atoms with Gasteiger partial charge in [-0.25, -0.2) is 0 Å². The Hall–Kier alpha value is -1.35. The molecule has 0 amide bonds. The fraction of sp³-hybridized carbons (Fsp3) is 0.533. The molecule has 3 atom stereocenters. The molecule has 1 aromatic heterocycles. The van der Waals surface area contributed by atoms with Gasteiger partial charge in [0.2, 0.25) is 0 Å². The first-order valence-electron chi connectivity index (χ1n) is 6.75. The summed E-state index contributed by atoms with van der Waals surface area (Å²) in [6.07, 6.45) is 2.92. The minimum Gasteiger partial charge on any atom is -0.393 e. The molecule has 3 nitrogen and oxygen atoms in total. The first-order valence-corrected chi connectivity index (χ1v) is 6.75. The summed E-state index contributed by atoms with van der Waals surface area (Å²) in [5.74, 6) is 0.962. The highest BCUT2D eigenvalue weighted by Crippen LogP contribution is 2.35. The zero-order valence-electron chi connectivity index (χ0n) is 11.0. The monoisotopic (exact) mass is 244 g/mol. The summed E-state index contributed by atoms with van der Waals surface area (Å²) >= 11 is 0. The summed E-state index contributed by atoms with van der Waals surface area (Å²) < 4.78 is 1.96. The van der Waals surface area contributed by atoms with Gasteiger partial charge in [0.05, 0.1) is 17.3 Å². The van der Waals surface area contributed by atoms with Gasteiger partial charge in [0.25, 0.3) is 0 Å². The molecular formula is C15H20N2O. The zero-order valence-corrected chi connectivity index (χ0v) is 11.0. The molecule has 3 unspecified atom stereocenters. The maximum absolute atomic E-state index is 9.84. The minimum atomic E-state index is -0.120. The summed E-state index contributed by atoms with van der Waals surface area (Å²) in [7, 11) is 2.00. The fourth-order valence-corrected chi connectivity index (χ4v) is 3.20. The van der Waals surface area contributed by atoms with Gasteiger partial charge in [0.1, 0.15) is 0 Å². The molecule has 0 saturated heterocycles. The van der Waals surface area contributed by atoms with Crippen LogP contribution in [0.4, 0.5) is 0 Å². The Kier molecular flexibility index (Phi) is 2.86. The van der Waals surface area contributed by atoms with Crippen LogP contribution in [0.15, 0.2) is 24.3 Å². The van der Waals surface area contributed by atoms with E-state index in [0.717, 1.165) is 19.3 Å². The second kappa shape index (κ2) is 4.39. The third-order valence-corrected chi connectivity index (χ3v) is 4.47. The molecule has 1 aliphatic rings. The number of hydrogen-bond acceptors (Lipinski definition) is 2. The van der Waals surface area contributed by atoms with Crippen molar-refractivity contribution >= 4 is 10.9 Å². The Bertz CT molecular complexity index is 561. The molecule has 1 heterocycles. The van der Waals surface area contributed by atoms with Gasteiger partial charge < -0.3 is 5.11 Å². The van der Waals surface area contributed by atoms with Crippen molar-refractivity contribution in [3.63, 3.8) is 0 Å². The number of para-hydroxylation sites is 1. The van der Waals surface area contributed by atoms with Crippen LogP contribution in [-0.4, -0.2) is 21.0 Å². The lowest BCUT2D eigenvalue weighted by Gasteiger charge is -2.16. The zero-order chi connectivity index (χ0) is 12.7. The van der Waals surface area contributed by atoms with Gasteiger partial charge in [0, 0.05) is 12.4 Å². The summed E-state index contributed by atoms with van der Waals surface area (Å²) in [4.78, 5) is 0. The Morgan fingerprint density at radius 3 is 2.83 bits per heavy atom. The van der Waals surface area contributed by atoms with Crippen molar-refractivity contribution in [1.82, 2.24) is 9.78 Å². The van der Waals surface area contributed by atoms with E-state index in [2.05, 4.69) is 36.3 Å². The summed E-state index contributed by atoms with van der Waals surface area (Å²) in [5.41, 5.74) is 2.37. The number of hydrogen-bond donors (Lipinski definition) is 1. The van der Waals surface area contributed by atoms with E-state index in [9.17, 15) is 5.11 Å². The standard InChI is InChI=1S/C15H20N2O/c1-10-11(7-8-15(10)18)9-13-12-5-3-4-6-14(12)17(2)16-13/h3-6,10-11,15,18H,7-9H2,1-2H3. The van der Waals surface area contributed by atoms with Crippen LogP contribution in [0.1, 0.15) is 25.5 Å². The van der Waals surface area contributed by atoms with E-state index in [4.69, 9.17) is 0 Å². The molecule has 2 aromatic rings. The third kappa shape index (κ3) is 1.83. The van der Waals surface area contributed by atoms with Gasteiger partial charge in [0.15, 0.2) is 0 Å². The lowest BCUT2D eigenvalue weighted by Crippen LogP contribution is -2.17. The number of aliphatic hydroxyl groups is 1. The molecular weight excluding hydrogens is 224 g/mol. The van der Waals surface area contributed by atoms with E-state index in [1.165, 1.54) is 16.6 Å². The van der Waals surface area contributed by atoms with Crippen molar-refractivity contribution in [3.8, 4) is 0 Å². The van der Waals surface area contributed by atoms with Gasteiger partial charge >= 0.3 is 0 Å². The molecule has 0 radical (unpaired) electrons. The van der Waals surface area contributed by atoms with Crippen molar-refractivity contribution in [1.29, 1.82) is 0 Å². The minimum absolute atomic E-state index is 0.120. The Balaban J connectivity index is 1.91. The van der Waals surface area contributed by atoms with Crippen LogP contribution in [0, 0.1) is 11.8 Å². The van der Waals surface area contributed by atoms with Crippen LogP contribution < -0.4 is 0 Å². The number of aryl methyl sites for hydroxylation is 1.